The second-order valence-electron chi connectivity index (χ2n) is 11.1. The zero-order valence-electron chi connectivity index (χ0n) is 20.7. The van der Waals surface area contributed by atoms with Crippen molar-refractivity contribution in [1.82, 2.24) is 15.1 Å². The van der Waals surface area contributed by atoms with Crippen molar-refractivity contribution in [3.05, 3.63) is 65.2 Å². The van der Waals surface area contributed by atoms with Crippen LogP contribution >= 0.6 is 0 Å². The smallest absolute Gasteiger partial charge is 0.255 e. The van der Waals surface area contributed by atoms with Crippen molar-refractivity contribution < 1.29 is 19.1 Å². The molecule has 2 saturated heterocycles. The van der Waals surface area contributed by atoms with E-state index in [0.29, 0.717) is 24.6 Å². The van der Waals surface area contributed by atoms with Gasteiger partial charge in [-0.3, -0.25) is 24.6 Å². The number of imide groups is 1. The molecule has 188 valence electrons. The first kappa shape index (κ1) is 23.2. The molecule has 3 aliphatic heterocycles. The Kier molecular flexibility index (Phi) is 5.83. The van der Waals surface area contributed by atoms with Crippen LogP contribution in [0, 0.1) is 0 Å². The van der Waals surface area contributed by atoms with Gasteiger partial charge in [0, 0.05) is 43.1 Å². The maximum atomic E-state index is 13.0. The second-order valence-corrected chi connectivity index (χ2v) is 11.1. The summed E-state index contributed by atoms with van der Waals surface area (Å²) in [5.74, 6) is -0.0207. The van der Waals surface area contributed by atoms with Gasteiger partial charge in [-0.1, -0.05) is 43.7 Å². The minimum atomic E-state index is -0.597. The molecule has 36 heavy (non-hydrogen) atoms. The zero-order chi connectivity index (χ0) is 24.9. The van der Waals surface area contributed by atoms with Gasteiger partial charge in [-0.25, -0.2) is 0 Å². The predicted molar refractivity (Wildman–Crippen MR) is 135 cm³/mol. The summed E-state index contributed by atoms with van der Waals surface area (Å²) in [6.45, 7) is 4.80. The average molecular weight is 488 g/mol. The van der Waals surface area contributed by atoms with Crippen molar-refractivity contribution >= 4 is 17.7 Å². The number of likely N-dealkylation sites (tertiary alicyclic amines) is 1. The van der Waals surface area contributed by atoms with E-state index in [1.165, 1.54) is 12.0 Å². The highest BCUT2D eigenvalue weighted by Gasteiger charge is 2.46. The number of ether oxygens (including phenoxy) is 1. The van der Waals surface area contributed by atoms with Gasteiger partial charge in [-0.15, -0.1) is 0 Å². The van der Waals surface area contributed by atoms with Crippen molar-refractivity contribution in [2.45, 2.75) is 75.6 Å². The largest absolute Gasteiger partial charge is 0.489 e. The third kappa shape index (κ3) is 4.09. The Bertz CT molecular complexity index is 1190. The summed E-state index contributed by atoms with van der Waals surface area (Å²) in [5, 5.41) is 2.36. The Morgan fingerprint density at radius 2 is 1.75 bits per heavy atom. The lowest BCUT2D eigenvalue weighted by Gasteiger charge is -2.54. The van der Waals surface area contributed by atoms with Crippen LogP contribution in [0.25, 0.3) is 0 Å². The fraction of sp³-hybridized carbons (Fsp3) is 0.483. The van der Waals surface area contributed by atoms with E-state index in [1.54, 1.807) is 4.90 Å². The van der Waals surface area contributed by atoms with Crippen LogP contribution in [0.4, 0.5) is 0 Å². The molecule has 3 atom stereocenters. The van der Waals surface area contributed by atoms with Gasteiger partial charge in [-0.2, -0.15) is 0 Å². The molecule has 0 aromatic heterocycles. The number of nitrogens with one attached hydrogen (secondary N) is 1. The summed E-state index contributed by atoms with van der Waals surface area (Å²) in [7, 11) is 0. The Hall–Kier alpha value is -3.19. The normalized spacial score (nSPS) is 27.9. The Balaban J connectivity index is 1.13. The number of rotatable bonds is 5. The number of piperidine rings is 1. The molecule has 3 amide bonds. The highest BCUT2D eigenvalue weighted by Crippen LogP contribution is 2.40. The van der Waals surface area contributed by atoms with E-state index < -0.39 is 6.04 Å². The van der Waals surface area contributed by atoms with Crippen molar-refractivity contribution in [1.29, 1.82) is 0 Å². The molecular weight excluding hydrogens is 454 g/mol. The first-order chi connectivity index (χ1) is 17.4. The molecule has 0 bridgehead atoms. The lowest BCUT2D eigenvalue weighted by molar-refractivity contribution is -0.136. The van der Waals surface area contributed by atoms with Crippen molar-refractivity contribution in [2.75, 3.05) is 13.1 Å². The fourth-order valence-corrected chi connectivity index (χ4v) is 6.54. The molecule has 3 heterocycles. The molecule has 1 saturated carbocycles. The first-order valence-electron chi connectivity index (χ1n) is 13.2. The van der Waals surface area contributed by atoms with Crippen LogP contribution in [0.1, 0.15) is 66.9 Å². The molecule has 0 spiro atoms. The van der Waals surface area contributed by atoms with E-state index >= 15 is 0 Å². The van der Waals surface area contributed by atoms with Crippen LogP contribution in [0.3, 0.4) is 0 Å². The van der Waals surface area contributed by atoms with Gasteiger partial charge >= 0.3 is 0 Å². The number of carbonyl (C=O) groups is 3. The summed E-state index contributed by atoms with van der Waals surface area (Å²) in [5.41, 5.74) is 3.10. The zero-order valence-corrected chi connectivity index (χ0v) is 20.7. The topological polar surface area (TPSA) is 79.0 Å². The highest BCUT2D eigenvalue weighted by molar-refractivity contribution is 6.05. The SMILES string of the molecule is CC1(c2ccccc2)CN([C@H]2CCCC[C@@H]2Oc2ccc3c(c2)CN(C2CCC(=O)NC2=O)C3=O)C1. The Morgan fingerprint density at radius 1 is 0.972 bits per heavy atom. The van der Waals surface area contributed by atoms with Crippen LogP contribution < -0.4 is 10.1 Å². The minimum Gasteiger partial charge on any atom is -0.489 e. The molecule has 3 fully saturated rings. The third-order valence-electron chi connectivity index (χ3n) is 8.49. The van der Waals surface area contributed by atoms with E-state index in [9.17, 15) is 14.4 Å². The molecule has 7 nitrogen and oxygen atoms in total. The molecule has 1 N–H and O–H groups in total. The Labute approximate surface area is 211 Å². The van der Waals surface area contributed by atoms with Gasteiger partial charge in [0.15, 0.2) is 0 Å². The van der Waals surface area contributed by atoms with Gasteiger partial charge in [0.25, 0.3) is 5.91 Å². The highest BCUT2D eigenvalue weighted by atomic mass is 16.5. The summed E-state index contributed by atoms with van der Waals surface area (Å²) >= 11 is 0. The number of hydrogen-bond acceptors (Lipinski definition) is 5. The van der Waals surface area contributed by atoms with Gasteiger partial charge in [0.2, 0.25) is 11.8 Å². The van der Waals surface area contributed by atoms with Gasteiger partial charge in [-0.05, 0) is 55.0 Å². The van der Waals surface area contributed by atoms with Crippen LogP contribution in [0.5, 0.6) is 5.75 Å². The summed E-state index contributed by atoms with van der Waals surface area (Å²) in [4.78, 5) is 41.0. The van der Waals surface area contributed by atoms with Crippen LogP contribution in [-0.2, 0) is 21.5 Å². The summed E-state index contributed by atoms with van der Waals surface area (Å²) in [6.07, 6.45) is 5.31. The van der Waals surface area contributed by atoms with Gasteiger partial charge < -0.3 is 9.64 Å². The average Bonchev–Trinajstić information content (AvgIpc) is 3.18. The van der Waals surface area contributed by atoms with Crippen molar-refractivity contribution in [2.24, 2.45) is 0 Å². The standard InChI is InChI=1S/C29H33N3O4/c1-29(20-7-3-2-4-8-20)17-31(18-29)23-9-5-6-10-25(23)36-21-11-12-22-19(15-21)16-32(28(22)35)24-13-14-26(33)30-27(24)34/h2-4,7-8,11-12,15,23-25H,5-6,9-10,13-14,16-18H2,1H3,(H,30,33,34)/t23-,24?,25-/m0/s1. The number of benzene rings is 2. The van der Waals surface area contributed by atoms with E-state index in [4.69, 9.17) is 4.74 Å². The fourth-order valence-electron chi connectivity index (χ4n) is 6.54. The van der Waals surface area contributed by atoms with Crippen LogP contribution in [0.15, 0.2) is 48.5 Å². The molecule has 2 aromatic rings. The maximum absolute atomic E-state index is 13.0. The third-order valence-corrected chi connectivity index (χ3v) is 8.49. The summed E-state index contributed by atoms with van der Waals surface area (Å²) < 4.78 is 6.58. The molecule has 4 aliphatic rings. The monoisotopic (exact) mass is 487 g/mol. The quantitative estimate of drug-likeness (QED) is 0.654. The number of carbonyl (C=O) groups excluding carboxylic acids is 3. The van der Waals surface area contributed by atoms with Crippen LogP contribution in [0.2, 0.25) is 0 Å². The minimum absolute atomic E-state index is 0.125. The van der Waals surface area contributed by atoms with Crippen molar-refractivity contribution in [3.8, 4) is 5.75 Å². The van der Waals surface area contributed by atoms with Gasteiger partial charge in [0.05, 0.1) is 0 Å². The van der Waals surface area contributed by atoms with Gasteiger partial charge in [0.1, 0.15) is 17.9 Å². The number of fused-ring (bicyclic) bond motifs is 1. The molecule has 7 heteroatoms. The lowest BCUT2D eigenvalue weighted by atomic mass is 9.73. The number of hydrogen-bond donors (Lipinski definition) is 1. The molecule has 1 unspecified atom stereocenters. The first-order valence-corrected chi connectivity index (χ1v) is 13.2. The maximum Gasteiger partial charge on any atom is 0.255 e. The van der Waals surface area contributed by atoms with E-state index in [0.717, 1.165) is 43.7 Å². The van der Waals surface area contributed by atoms with Crippen LogP contribution in [-0.4, -0.2) is 58.8 Å². The van der Waals surface area contributed by atoms with E-state index in [-0.39, 0.29) is 35.7 Å². The lowest BCUT2D eigenvalue weighted by Crippen LogP contribution is -2.64. The molecule has 6 rings (SSSR count). The predicted octanol–water partition coefficient (Wildman–Crippen LogP) is 3.41. The second kappa shape index (κ2) is 9.04. The number of amides is 3. The van der Waals surface area contributed by atoms with E-state index in [1.807, 2.05) is 18.2 Å². The summed E-state index contributed by atoms with van der Waals surface area (Å²) in [6, 6.07) is 16.3. The molecule has 2 aromatic carbocycles. The Morgan fingerprint density at radius 3 is 2.53 bits per heavy atom. The molecular formula is C29H33N3O4. The van der Waals surface area contributed by atoms with Crippen molar-refractivity contribution in [3.63, 3.8) is 0 Å². The molecule has 0 radical (unpaired) electrons. The number of nitrogens with zero attached hydrogens (tertiary/aromatic N) is 2. The molecule has 1 aliphatic carbocycles. The van der Waals surface area contributed by atoms with E-state index in [2.05, 4.69) is 47.5 Å².